The van der Waals surface area contributed by atoms with Gasteiger partial charge in [0.25, 0.3) is 0 Å². The highest BCUT2D eigenvalue weighted by Crippen LogP contribution is 2.38. The molecule has 5 aromatic rings. The summed E-state index contributed by atoms with van der Waals surface area (Å²) in [6.45, 7) is 0. The molecule has 178 valence electrons. The first-order valence-corrected chi connectivity index (χ1v) is 12.6. The number of nitrogens with zero attached hydrogens (tertiary/aromatic N) is 3. The van der Waals surface area contributed by atoms with Gasteiger partial charge in [-0.1, -0.05) is 47.5 Å². The van der Waals surface area contributed by atoms with Gasteiger partial charge in [-0.3, -0.25) is 5.10 Å². The van der Waals surface area contributed by atoms with Gasteiger partial charge in [0.2, 0.25) is 5.88 Å². The Morgan fingerprint density at radius 2 is 1.94 bits per heavy atom. The Bertz CT molecular complexity index is 1670. The molecular weight excluding hydrogens is 516 g/mol. The lowest BCUT2D eigenvalue weighted by molar-refractivity contribution is 0.385. The molecule has 0 aliphatic heterocycles. The Morgan fingerprint density at radius 1 is 1.11 bits per heavy atom. The number of hydrogen-bond donors (Lipinski definition) is 2. The van der Waals surface area contributed by atoms with Gasteiger partial charge in [0.1, 0.15) is 16.1 Å². The summed E-state index contributed by atoms with van der Waals surface area (Å²) in [5, 5.41) is 7.69. The predicted molar refractivity (Wildman–Crippen MR) is 131 cm³/mol. The quantitative estimate of drug-likeness (QED) is 0.301. The maximum Gasteiger partial charge on any atom is 0.232 e. The minimum Gasteiger partial charge on any atom is -0.480 e. The second kappa shape index (κ2) is 8.95. The fraction of sp³-hybridized carbons (Fsp3) is 0.0870. The van der Waals surface area contributed by atoms with E-state index in [0.29, 0.717) is 22.5 Å². The van der Waals surface area contributed by atoms with Crippen molar-refractivity contribution in [1.29, 1.82) is 0 Å². The molecule has 0 bridgehead atoms. The Hall–Kier alpha value is -3.47. The number of methoxy groups -OCH3 is 1. The number of imidazole rings is 1. The first-order valence-electron chi connectivity index (χ1n) is 10.2. The summed E-state index contributed by atoms with van der Waals surface area (Å²) in [6, 6.07) is 9.34. The van der Waals surface area contributed by atoms with Crippen LogP contribution in [-0.2, 0) is 15.6 Å². The minimum absolute atomic E-state index is 0.0796. The largest absolute Gasteiger partial charge is 0.480 e. The molecule has 0 atom stereocenters. The highest BCUT2D eigenvalue weighted by Gasteiger charge is 2.25. The molecule has 0 aliphatic rings. The monoisotopic (exact) mass is 531 g/mol. The third-order valence-electron chi connectivity index (χ3n) is 5.43. The lowest BCUT2D eigenvalue weighted by Gasteiger charge is -2.13. The number of sulfone groups is 1. The molecule has 0 saturated carbocycles. The zero-order chi connectivity index (χ0) is 24.7. The highest BCUT2D eigenvalue weighted by atomic mass is 35.5. The zero-order valence-electron chi connectivity index (χ0n) is 18.0. The number of benzene rings is 2. The molecular formula is C23H16Cl2FN5O3S. The number of aromatic amines is 2. The molecule has 2 aromatic carbocycles. The van der Waals surface area contributed by atoms with Gasteiger partial charge in [-0.25, -0.2) is 22.8 Å². The summed E-state index contributed by atoms with van der Waals surface area (Å²) in [6.07, 6.45) is 4.53. The molecule has 0 amide bonds. The van der Waals surface area contributed by atoms with E-state index in [1.54, 1.807) is 42.7 Å². The highest BCUT2D eigenvalue weighted by molar-refractivity contribution is 7.90. The van der Waals surface area contributed by atoms with Gasteiger partial charge in [0, 0.05) is 35.1 Å². The smallest absolute Gasteiger partial charge is 0.232 e. The zero-order valence-corrected chi connectivity index (χ0v) is 20.3. The van der Waals surface area contributed by atoms with E-state index in [0.717, 1.165) is 0 Å². The number of rotatable bonds is 6. The average molecular weight is 532 g/mol. The van der Waals surface area contributed by atoms with E-state index in [1.807, 2.05) is 0 Å². The molecule has 2 N–H and O–H groups in total. The van der Waals surface area contributed by atoms with Gasteiger partial charge in [-0.2, -0.15) is 5.10 Å². The standard InChI is InChI=1S/C23H16Cl2FN5O3S/c1-34-23-17(9-13(24)10-29-23)35(32,33)11-12-3-2-4-14(18(12)25)15-5-6-16-20(19(15)26)30-31-21(16)22-27-7-8-28-22/h2-10H,11H2,1H3,(H,27,28)(H,30,31). The van der Waals surface area contributed by atoms with Crippen LogP contribution in [-0.4, -0.2) is 40.7 Å². The van der Waals surface area contributed by atoms with Crippen LogP contribution in [0.25, 0.3) is 33.5 Å². The third kappa shape index (κ3) is 4.13. The van der Waals surface area contributed by atoms with E-state index in [9.17, 15) is 8.42 Å². The van der Waals surface area contributed by atoms with Crippen molar-refractivity contribution in [2.75, 3.05) is 7.11 Å². The molecule has 0 spiro atoms. The fourth-order valence-electron chi connectivity index (χ4n) is 3.80. The maximum atomic E-state index is 15.5. The molecule has 5 rings (SSSR count). The Morgan fingerprint density at radius 3 is 2.69 bits per heavy atom. The second-order valence-electron chi connectivity index (χ2n) is 7.56. The molecule has 0 radical (unpaired) electrons. The molecule has 0 unspecified atom stereocenters. The maximum absolute atomic E-state index is 15.5. The Balaban J connectivity index is 1.56. The number of fused-ring (bicyclic) bond motifs is 1. The Kier molecular flexibility index (Phi) is 5.96. The molecule has 0 saturated heterocycles. The molecule has 0 fully saturated rings. The molecule has 0 aliphatic carbocycles. The molecule has 35 heavy (non-hydrogen) atoms. The van der Waals surface area contributed by atoms with Crippen LogP contribution in [0.3, 0.4) is 0 Å². The lowest BCUT2D eigenvalue weighted by Crippen LogP contribution is -2.08. The van der Waals surface area contributed by atoms with Gasteiger partial charge < -0.3 is 9.72 Å². The van der Waals surface area contributed by atoms with E-state index < -0.39 is 21.4 Å². The normalized spacial score (nSPS) is 11.8. The van der Waals surface area contributed by atoms with Crippen molar-refractivity contribution in [3.63, 3.8) is 0 Å². The summed E-state index contributed by atoms with van der Waals surface area (Å²) in [4.78, 5) is 10.9. The number of ether oxygens (including phenoxy) is 1. The van der Waals surface area contributed by atoms with Crippen LogP contribution in [0.1, 0.15) is 5.56 Å². The van der Waals surface area contributed by atoms with Gasteiger partial charge >= 0.3 is 0 Å². The number of halogens is 3. The van der Waals surface area contributed by atoms with Gasteiger partial charge in [0.15, 0.2) is 21.5 Å². The molecule has 8 nitrogen and oxygen atoms in total. The van der Waals surface area contributed by atoms with Gasteiger partial charge in [-0.05, 0) is 17.7 Å². The van der Waals surface area contributed by atoms with Crippen molar-refractivity contribution in [3.05, 3.63) is 76.4 Å². The first kappa shape index (κ1) is 23.3. The van der Waals surface area contributed by atoms with Crippen molar-refractivity contribution < 1.29 is 17.5 Å². The van der Waals surface area contributed by atoms with Crippen LogP contribution in [0, 0.1) is 5.82 Å². The lowest BCUT2D eigenvalue weighted by atomic mass is 10.0. The molecule has 3 heterocycles. The van der Waals surface area contributed by atoms with E-state index in [2.05, 4.69) is 25.1 Å². The van der Waals surface area contributed by atoms with E-state index in [1.165, 1.54) is 19.4 Å². The fourth-order valence-corrected chi connectivity index (χ4v) is 5.91. The number of nitrogens with one attached hydrogen (secondary N) is 2. The SMILES string of the molecule is COc1ncc(Cl)cc1S(=O)(=O)Cc1cccc(-c2ccc3c(-c4ncc[nH]4)[nH]nc3c2F)c1Cl. The van der Waals surface area contributed by atoms with E-state index in [-0.39, 0.29) is 37.5 Å². The summed E-state index contributed by atoms with van der Waals surface area (Å²) >= 11 is 12.6. The van der Waals surface area contributed by atoms with E-state index >= 15 is 4.39 Å². The van der Waals surface area contributed by atoms with Crippen LogP contribution in [0.15, 0.2) is 59.9 Å². The number of H-pyrrole nitrogens is 2. The van der Waals surface area contributed by atoms with E-state index in [4.69, 9.17) is 27.9 Å². The van der Waals surface area contributed by atoms with Crippen molar-refractivity contribution in [2.45, 2.75) is 10.6 Å². The Labute approximate surface area is 209 Å². The van der Waals surface area contributed by atoms with Gasteiger partial charge in [-0.15, -0.1) is 0 Å². The molecule has 3 aromatic heterocycles. The number of pyridine rings is 1. The summed E-state index contributed by atoms with van der Waals surface area (Å²) < 4.78 is 46.9. The minimum atomic E-state index is -3.94. The third-order valence-corrected chi connectivity index (χ3v) is 7.73. The van der Waals surface area contributed by atoms with Crippen molar-refractivity contribution in [3.8, 4) is 28.5 Å². The number of hydrogen-bond acceptors (Lipinski definition) is 6. The summed E-state index contributed by atoms with van der Waals surface area (Å²) in [7, 11) is -2.63. The second-order valence-corrected chi connectivity index (χ2v) is 10.3. The molecule has 12 heteroatoms. The van der Waals surface area contributed by atoms with Crippen LogP contribution >= 0.6 is 23.2 Å². The number of aromatic nitrogens is 5. The van der Waals surface area contributed by atoms with Crippen molar-refractivity contribution in [2.24, 2.45) is 0 Å². The van der Waals surface area contributed by atoms with Crippen LogP contribution < -0.4 is 4.74 Å². The topological polar surface area (TPSA) is 114 Å². The van der Waals surface area contributed by atoms with Crippen molar-refractivity contribution in [1.82, 2.24) is 25.1 Å². The predicted octanol–water partition coefficient (Wildman–Crippen LogP) is 5.44. The van der Waals surface area contributed by atoms with Gasteiger partial charge in [0.05, 0.1) is 22.9 Å². The van der Waals surface area contributed by atoms with Crippen LogP contribution in [0.2, 0.25) is 10.0 Å². The first-order chi connectivity index (χ1) is 16.8. The van der Waals surface area contributed by atoms with Crippen LogP contribution in [0.4, 0.5) is 4.39 Å². The summed E-state index contributed by atoms with van der Waals surface area (Å²) in [5.74, 6) is -0.619. The van der Waals surface area contributed by atoms with Crippen LogP contribution in [0.5, 0.6) is 5.88 Å². The van der Waals surface area contributed by atoms with Crippen molar-refractivity contribution >= 4 is 43.9 Å². The summed E-state index contributed by atoms with van der Waals surface area (Å²) in [5.41, 5.74) is 1.45. The average Bonchev–Trinajstić information content (AvgIpc) is 3.51.